The van der Waals surface area contributed by atoms with Crippen molar-refractivity contribution in [3.05, 3.63) is 28.5 Å². The van der Waals surface area contributed by atoms with Crippen molar-refractivity contribution in [1.82, 2.24) is 10.2 Å². The van der Waals surface area contributed by atoms with Crippen molar-refractivity contribution in [2.75, 3.05) is 38.5 Å². The van der Waals surface area contributed by atoms with Gasteiger partial charge in [-0.25, -0.2) is 4.39 Å². The molecule has 2 rings (SSSR count). The Bertz CT molecular complexity index is 519. The van der Waals surface area contributed by atoms with E-state index in [9.17, 15) is 9.18 Å². The molecule has 0 atom stereocenters. The molecule has 1 aliphatic rings. The zero-order valence-corrected chi connectivity index (χ0v) is 15.2. The Morgan fingerprint density at radius 1 is 1.39 bits per heavy atom. The van der Waals surface area contributed by atoms with Crippen molar-refractivity contribution in [2.24, 2.45) is 5.92 Å². The fourth-order valence-corrected chi connectivity index (χ4v) is 3.24. The van der Waals surface area contributed by atoms with Gasteiger partial charge in [0.2, 0.25) is 5.91 Å². The van der Waals surface area contributed by atoms with Gasteiger partial charge in [-0.1, -0.05) is 15.9 Å². The highest BCUT2D eigenvalue weighted by Gasteiger charge is 2.19. The standard InChI is InChI=1S/C17H25BrFN3O/c1-20-8-4-13-5-9-22(10-6-13)11-7-17(23)21-16-3-2-14(18)12-15(16)19/h2-3,12-13,20H,4-11H2,1H3,(H,21,23). The molecule has 128 valence electrons. The van der Waals surface area contributed by atoms with E-state index >= 15 is 0 Å². The highest BCUT2D eigenvalue weighted by Crippen LogP contribution is 2.21. The largest absolute Gasteiger partial charge is 0.324 e. The molecule has 0 unspecified atom stereocenters. The van der Waals surface area contributed by atoms with E-state index in [0.29, 0.717) is 10.9 Å². The molecule has 0 radical (unpaired) electrons. The quantitative estimate of drug-likeness (QED) is 0.756. The molecule has 0 aliphatic carbocycles. The van der Waals surface area contributed by atoms with Crippen molar-refractivity contribution in [2.45, 2.75) is 25.7 Å². The van der Waals surface area contributed by atoms with Crippen molar-refractivity contribution in [3.8, 4) is 0 Å². The molecule has 1 aromatic rings. The molecule has 1 aromatic carbocycles. The lowest BCUT2D eigenvalue weighted by Crippen LogP contribution is -2.36. The molecule has 0 bridgehead atoms. The average Bonchev–Trinajstić information content (AvgIpc) is 2.54. The minimum absolute atomic E-state index is 0.136. The van der Waals surface area contributed by atoms with Crippen LogP contribution in [0.2, 0.25) is 0 Å². The first-order chi connectivity index (χ1) is 11.1. The molecule has 0 saturated carbocycles. The minimum Gasteiger partial charge on any atom is -0.324 e. The van der Waals surface area contributed by atoms with Crippen molar-refractivity contribution in [1.29, 1.82) is 0 Å². The maximum atomic E-state index is 13.7. The number of halogens is 2. The van der Waals surface area contributed by atoms with Crippen molar-refractivity contribution < 1.29 is 9.18 Å². The maximum Gasteiger partial charge on any atom is 0.225 e. The molecule has 4 nitrogen and oxygen atoms in total. The normalized spacial score (nSPS) is 16.5. The fourth-order valence-electron chi connectivity index (χ4n) is 2.91. The third kappa shape index (κ3) is 6.20. The minimum atomic E-state index is -0.418. The third-order valence-corrected chi connectivity index (χ3v) is 4.86. The van der Waals surface area contributed by atoms with Crippen LogP contribution in [0.25, 0.3) is 0 Å². The molecule has 1 saturated heterocycles. The molecule has 6 heteroatoms. The Morgan fingerprint density at radius 2 is 2.13 bits per heavy atom. The predicted molar refractivity (Wildman–Crippen MR) is 95.1 cm³/mol. The molecular weight excluding hydrogens is 361 g/mol. The van der Waals surface area contributed by atoms with Crippen LogP contribution < -0.4 is 10.6 Å². The van der Waals surface area contributed by atoms with Crippen molar-refractivity contribution >= 4 is 27.5 Å². The Morgan fingerprint density at radius 3 is 2.78 bits per heavy atom. The molecule has 1 amide bonds. The fraction of sp³-hybridized carbons (Fsp3) is 0.588. The summed E-state index contributed by atoms with van der Waals surface area (Å²) in [7, 11) is 1.99. The van der Waals surface area contributed by atoms with E-state index in [0.717, 1.165) is 32.1 Å². The number of rotatable bonds is 7. The molecule has 0 spiro atoms. The summed E-state index contributed by atoms with van der Waals surface area (Å²) in [5.41, 5.74) is 0.240. The van der Waals surface area contributed by atoms with Crippen LogP contribution >= 0.6 is 15.9 Å². The first-order valence-corrected chi connectivity index (χ1v) is 8.99. The van der Waals surface area contributed by atoms with E-state index in [-0.39, 0.29) is 11.6 Å². The van der Waals surface area contributed by atoms with Gasteiger partial charge in [-0.05, 0) is 70.1 Å². The highest BCUT2D eigenvalue weighted by atomic mass is 79.9. The van der Waals surface area contributed by atoms with E-state index < -0.39 is 5.82 Å². The Labute approximate surface area is 145 Å². The summed E-state index contributed by atoms with van der Waals surface area (Å²) in [5.74, 6) is 0.242. The Kier molecular flexibility index (Phi) is 7.46. The Hall–Kier alpha value is -0.980. The van der Waals surface area contributed by atoms with E-state index in [2.05, 4.69) is 31.5 Å². The summed E-state index contributed by atoms with van der Waals surface area (Å²) < 4.78 is 14.4. The van der Waals surface area contributed by atoms with Crippen LogP contribution in [0.5, 0.6) is 0 Å². The number of piperidine rings is 1. The second-order valence-corrected chi connectivity index (χ2v) is 7.02. The van der Waals surface area contributed by atoms with Gasteiger partial charge < -0.3 is 15.5 Å². The summed E-state index contributed by atoms with van der Waals surface area (Å²) in [6, 6.07) is 4.64. The second kappa shape index (κ2) is 9.35. The number of amides is 1. The molecule has 1 heterocycles. The Balaban J connectivity index is 1.69. The topological polar surface area (TPSA) is 44.4 Å². The predicted octanol–water partition coefficient (Wildman–Crippen LogP) is 3.24. The molecular formula is C17H25BrFN3O. The number of carbonyl (C=O) groups is 1. The first-order valence-electron chi connectivity index (χ1n) is 8.20. The van der Waals surface area contributed by atoms with Crippen LogP contribution in [-0.4, -0.2) is 44.0 Å². The smallest absolute Gasteiger partial charge is 0.225 e. The lowest BCUT2D eigenvalue weighted by Gasteiger charge is -2.31. The summed E-state index contributed by atoms with van der Waals surface area (Å²) in [6.07, 6.45) is 4.03. The molecule has 1 fully saturated rings. The number of benzene rings is 1. The van der Waals surface area contributed by atoms with E-state index in [1.807, 2.05) is 7.05 Å². The van der Waals surface area contributed by atoms with Gasteiger partial charge in [0.25, 0.3) is 0 Å². The summed E-state index contributed by atoms with van der Waals surface area (Å²) >= 11 is 3.20. The maximum absolute atomic E-state index is 13.7. The van der Waals surface area contributed by atoms with E-state index in [1.54, 1.807) is 12.1 Å². The highest BCUT2D eigenvalue weighted by molar-refractivity contribution is 9.10. The van der Waals surface area contributed by atoms with Crippen LogP contribution in [0.1, 0.15) is 25.7 Å². The number of likely N-dealkylation sites (tertiary alicyclic amines) is 1. The lowest BCUT2D eigenvalue weighted by atomic mass is 9.93. The average molecular weight is 386 g/mol. The summed E-state index contributed by atoms with van der Waals surface area (Å²) in [4.78, 5) is 14.3. The van der Waals surface area contributed by atoms with Crippen LogP contribution in [0.4, 0.5) is 10.1 Å². The van der Waals surface area contributed by atoms with Crippen LogP contribution in [-0.2, 0) is 4.79 Å². The SMILES string of the molecule is CNCCC1CCN(CCC(=O)Nc2ccc(Br)cc2F)CC1. The van der Waals surface area contributed by atoms with Gasteiger partial charge in [0, 0.05) is 17.4 Å². The van der Waals surface area contributed by atoms with Crippen LogP contribution in [0.15, 0.2) is 22.7 Å². The number of hydrogen-bond donors (Lipinski definition) is 2. The van der Waals surface area contributed by atoms with Gasteiger partial charge in [-0.2, -0.15) is 0 Å². The number of anilines is 1. The van der Waals surface area contributed by atoms with Gasteiger partial charge >= 0.3 is 0 Å². The zero-order chi connectivity index (χ0) is 16.7. The summed E-state index contributed by atoms with van der Waals surface area (Å²) in [5, 5.41) is 5.84. The van der Waals surface area contributed by atoms with E-state index in [4.69, 9.17) is 0 Å². The molecule has 1 aliphatic heterocycles. The number of carbonyl (C=O) groups excluding carboxylic acids is 1. The van der Waals surface area contributed by atoms with E-state index in [1.165, 1.54) is 25.3 Å². The van der Waals surface area contributed by atoms with Gasteiger partial charge in [0.05, 0.1) is 5.69 Å². The van der Waals surface area contributed by atoms with Gasteiger partial charge in [-0.3, -0.25) is 4.79 Å². The number of nitrogens with zero attached hydrogens (tertiary/aromatic N) is 1. The molecule has 0 aromatic heterocycles. The monoisotopic (exact) mass is 385 g/mol. The van der Waals surface area contributed by atoms with Crippen LogP contribution in [0, 0.1) is 11.7 Å². The lowest BCUT2D eigenvalue weighted by molar-refractivity contribution is -0.116. The van der Waals surface area contributed by atoms with Gasteiger partial charge in [0.1, 0.15) is 5.82 Å². The number of hydrogen-bond acceptors (Lipinski definition) is 3. The van der Waals surface area contributed by atoms with Crippen molar-refractivity contribution in [3.63, 3.8) is 0 Å². The first kappa shape index (κ1) is 18.4. The van der Waals surface area contributed by atoms with Crippen LogP contribution in [0.3, 0.4) is 0 Å². The third-order valence-electron chi connectivity index (χ3n) is 4.37. The molecule has 23 heavy (non-hydrogen) atoms. The van der Waals surface area contributed by atoms with Gasteiger partial charge in [0.15, 0.2) is 0 Å². The zero-order valence-electron chi connectivity index (χ0n) is 13.6. The van der Waals surface area contributed by atoms with Gasteiger partial charge in [-0.15, -0.1) is 0 Å². The molecule has 2 N–H and O–H groups in total. The number of nitrogens with one attached hydrogen (secondary N) is 2. The summed E-state index contributed by atoms with van der Waals surface area (Å²) in [6.45, 7) is 3.91. The second-order valence-electron chi connectivity index (χ2n) is 6.10.